The molecule has 0 amide bonds. The molecular formula is C20H25N9S. The molecule has 1 saturated heterocycles. The van der Waals surface area contributed by atoms with Crippen LogP contribution in [-0.4, -0.2) is 45.2 Å². The lowest BCUT2D eigenvalue weighted by Gasteiger charge is -2.29. The lowest BCUT2D eigenvalue weighted by molar-refractivity contribution is 0.363. The fourth-order valence-electron chi connectivity index (χ4n) is 3.82. The molecule has 3 aromatic rings. The van der Waals surface area contributed by atoms with Gasteiger partial charge in [-0.2, -0.15) is 4.98 Å². The van der Waals surface area contributed by atoms with Crippen LogP contribution in [-0.2, 0) is 6.42 Å². The summed E-state index contributed by atoms with van der Waals surface area (Å²) in [6, 6.07) is 8.82. The summed E-state index contributed by atoms with van der Waals surface area (Å²) in [6.45, 7) is 5.81. The average molecular weight is 424 g/mol. The number of hydrogen-bond donors (Lipinski definition) is 5. The van der Waals surface area contributed by atoms with E-state index in [1.165, 1.54) is 15.6 Å². The van der Waals surface area contributed by atoms with E-state index in [9.17, 15) is 0 Å². The highest BCUT2D eigenvalue weighted by atomic mass is 32.1. The molecule has 10 heteroatoms. The smallest absolute Gasteiger partial charge is 0.239 e. The minimum atomic E-state index is -0.149. The van der Waals surface area contributed by atoms with E-state index in [4.69, 9.17) is 10.7 Å². The number of aromatic amines is 1. The van der Waals surface area contributed by atoms with Crippen LogP contribution in [0.1, 0.15) is 31.4 Å². The number of thiophene rings is 1. The Labute approximate surface area is 178 Å². The lowest BCUT2D eigenvalue weighted by atomic mass is 10.1. The largest absolute Gasteiger partial charge is 0.370 e. The monoisotopic (exact) mass is 423 g/mol. The van der Waals surface area contributed by atoms with E-state index in [1.54, 1.807) is 11.3 Å². The number of anilines is 1. The summed E-state index contributed by atoms with van der Waals surface area (Å²) in [5, 5.41) is 20.8. The fraction of sp³-hybridized carbons (Fsp3) is 0.350. The van der Waals surface area contributed by atoms with Gasteiger partial charge < -0.3 is 26.6 Å². The maximum atomic E-state index is 5.60. The molecule has 9 nitrogen and oxygen atoms in total. The number of nitrogen functional groups attached to an aromatic ring is 1. The van der Waals surface area contributed by atoms with Gasteiger partial charge in [-0.05, 0) is 30.7 Å². The van der Waals surface area contributed by atoms with Gasteiger partial charge in [-0.3, -0.25) is 5.10 Å². The molecule has 0 bridgehead atoms. The van der Waals surface area contributed by atoms with Crippen LogP contribution in [0, 0.1) is 0 Å². The first-order valence-electron chi connectivity index (χ1n) is 10.1. The van der Waals surface area contributed by atoms with Gasteiger partial charge in [0, 0.05) is 29.3 Å². The number of hydrogen-bond acceptors (Lipinski definition) is 9. The van der Waals surface area contributed by atoms with Gasteiger partial charge in [0.15, 0.2) is 5.84 Å². The van der Waals surface area contributed by atoms with Crippen molar-refractivity contribution < 1.29 is 0 Å². The third-order valence-corrected chi connectivity index (χ3v) is 6.33. The number of nitrogens with two attached hydrogens (primary N) is 1. The zero-order valence-electron chi connectivity index (χ0n) is 16.9. The highest BCUT2D eigenvalue weighted by molar-refractivity contribution is 7.17. The molecule has 0 aliphatic carbocycles. The number of fused-ring (bicyclic) bond motifs is 2. The number of aliphatic imine (C=N–C) groups is 1. The Hall–Kier alpha value is -3.27. The Kier molecular flexibility index (Phi) is 4.70. The van der Waals surface area contributed by atoms with Crippen LogP contribution in [0.5, 0.6) is 0 Å². The summed E-state index contributed by atoms with van der Waals surface area (Å²) in [4.78, 5) is 11.6. The Morgan fingerprint density at radius 1 is 1.33 bits per heavy atom. The van der Waals surface area contributed by atoms with E-state index in [2.05, 4.69) is 79.5 Å². The highest BCUT2D eigenvalue weighted by Gasteiger charge is 2.34. The van der Waals surface area contributed by atoms with Crippen molar-refractivity contribution in [2.45, 2.75) is 32.5 Å². The summed E-state index contributed by atoms with van der Waals surface area (Å²) in [7, 11) is 0. The summed E-state index contributed by atoms with van der Waals surface area (Å²) in [5.74, 6) is 2.98. The van der Waals surface area contributed by atoms with Crippen molar-refractivity contribution in [2.24, 2.45) is 4.99 Å². The van der Waals surface area contributed by atoms with Crippen LogP contribution >= 0.6 is 11.3 Å². The van der Waals surface area contributed by atoms with Crippen LogP contribution in [0.4, 0.5) is 5.95 Å². The molecule has 2 aliphatic heterocycles. The molecule has 1 unspecified atom stereocenters. The van der Waals surface area contributed by atoms with Gasteiger partial charge in [-0.1, -0.05) is 18.2 Å². The van der Waals surface area contributed by atoms with Gasteiger partial charge in [-0.15, -0.1) is 16.4 Å². The van der Waals surface area contributed by atoms with Crippen LogP contribution < -0.4 is 21.7 Å². The predicted molar refractivity (Wildman–Crippen MR) is 120 cm³/mol. The van der Waals surface area contributed by atoms with Crippen molar-refractivity contribution in [3.8, 4) is 0 Å². The van der Waals surface area contributed by atoms with Crippen molar-refractivity contribution in [3.63, 3.8) is 0 Å². The second-order valence-corrected chi connectivity index (χ2v) is 8.56. The molecule has 30 heavy (non-hydrogen) atoms. The molecule has 0 spiro atoms. The standard InChI is InChI=1S/C20H25N9S/c1-11(2)29-10-23-16-18(22-8-7-15-24-20(21)28-27-15)25-17(26-19(16)29)13-9-30-14-6-4-3-5-12(13)14/h3-6,9,11,17,22-23,25H,7-8,10H2,1-2H3,(H3,21,24,27,28). The van der Waals surface area contributed by atoms with Crippen molar-refractivity contribution >= 4 is 33.2 Å². The second kappa shape index (κ2) is 7.52. The van der Waals surface area contributed by atoms with E-state index < -0.39 is 0 Å². The quantitative estimate of drug-likeness (QED) is 0.411. The number of amidine groups is 1. The molecule has 2 aromatic heterocycles. The zero-order chi connectivity index (χ0) is 20.7. The normalized spacial score (nSPS) is 18.4. The van der Waals surface area contributed by atoms with Gasteiger partial charge >= 0.3 is 0 Å². The SMILES string of the molecule is CC(C)N1CNC2=C(NCCc3nc(N)n[nH]3)NC(c3csc4ccccc34)N=C21. The fourth-order valence-corrected chi connectivity index (χ4v) is 4.80. The van der Waals surface area contributed by atoms with Gasteiger partial charge in [-0.25, -0.2) is 4.99 Å². The second-order valence-electron chi connectivity index (χ2n) is 7.65. The molecule has 5 rings (SSSR count). The Morgan fingerprint density at radius 3 is 3.00 bits per heavy atom. The molecule has 156 valence electrons. The number of H-pyrrole nitrogens is 1. The Bertz CT molecular complexity index is 1130. The van der Waals surface area contributed by atoms with E-state index >= 15 is 0 Å². The van der Waals surface area contributed by atoms with Gasteiger partial charge in [0.25, 0.3) is 0 Å². The third-order valence-electron chi connectivity index (χ3n) is 5.35. The van der Waals surface area contributed by atoms with Crippen molar-refractivity contribution in [3.05, 3.63) is 52.6 Å². The zero-order valence-corrected chi connectivity index (χ0v) is 17.8. The Morgan fingerprint density at radius 2 is 2.20 bits per heavy atom. The van der Waals surface area contributed by atoms with Crippen molar-refractivity contribution in [1.82, 2.24) is 36.0 Å². The summed E-state index contributed by atoms with van der Waals surface area (Å²) in [5.41, 5.74) is 7.80. The average Bonchev–Trinajstić information content (AvgIpc) is 3.45. The summed E-state index contributed by atoms with van der Waals surface area (Å²) in [6.07, 6.45) is 0.541. The molecular weight excluding hydrogens is 398 g/mol. The topological polar surface area (TPSA) is 119 Å². The molecule has 1 fully saturated rings. The van der Waals surface area contributed by atoms with Crippen LogP contribution in [0.15, 0.2) is 46.2 Å². The number of nitrogens with zero attached hydrogens (tertiary/aromatic N) is 4. The predicted octanol–water partition coefficient (Wildman–Crippen LogP) is 1.87. The molecule has 2 aliphatic rings. The van der Waals surface area contributed by atoms with Gasteiger partial charge in [0.1, 0.15) is 23.5 Å². The minimum Gasteiger partial charge on any atom is -0.370 e. The van der Waals surface area contributed by atoms with E-state index in [1.807, 2.05) is 0 Å². The molecule has 6 N–H and O–H groups in total. The van der Waals surface area contributed by atoms with Gasteiger partial charge in [0.2, 0.25) is 5.95 Å². The molecule has 1 aromatic carbocycles. The first-order valence-corrected chi connectivity index (χ1v) is 10.9. The molecule has 1 atom stereocenters. The molecule has 0 saturated carbocycles. The summed E-state index contributed by atoms with van der Waals surface area (Å²) < 4.78 is 1.27. The van der Waals surface area contributed by atoms with Crippen LogP contribution in [0.2, 0.25) is 0 Å². The summed E-state index contributed by atoms with van der Waals surface area (Å²) >= 11 is 1.75. The molecule has 4 heterocycles. The highest BCUT2D eigenvalue weighted by Crippen LogP contribution is 2.34. The number of rotatable bonds is 6. The van der Waals surface area contributed by atoms with E-state index in [-0.39, 0.29) is 12.1 Å². The van der Waals surface area contributed by atoms with E-state index in [0.717, 1.165) is 29.8 Å². The minimum absolute atomic E-state index is 0.149. The number of benzene rings is 1. The first kappa shape index (κ1) is 18.7. The van der Waals surface area contributed by atoms with Gasteiger partial charge in [0.05, 0.1) is 6.67 Å². The maximum Gasteiger partial charge on any atom is 0.239 e. The lowest BCUT2D eigenvalue weighted by Crippen LogP contribution is -2.40. The van der Waals surface area contributed by atoms with Crippen molar-refractivity contribution in [2.75, 3.05) is 18.9 Å². The first-order chi connectivity index (χ1) is 14.6. The maximum absolute atomic E-state index is 5.60. The number of nitrogens with one attached hydrogen (secondary N) is 4. The number of aromatic nitrogens is 3. The Balaban J connectivity index is 1.43. The van der Waals surface area contributed by atoms with Crippen LogP contribution in [0.25, 0.3) is 10.1 Å². The van der Waals surface area contributed by atoms with E-state index in [0.29, 0.717) is 19.0 Å². The third kappa shape index (κ3) is 3.32. The van der Waals surface area contributed by atoms with Crippen LogP contribution in [0.3, 0.4) is 0 Å². The molecule has 0 radical (unpaired) electrons. The van der Waals surface area contributed by atoms with Crippen molar-refractivity contribution in [1.29, 1.82) is 0 Å².